The Hall–Kier alpha value is -4.31. The van der Waals surface area contributed by atoms with Crippen LogP contribution in [0.1, 0.15) is 18.4 Å². The molecule has 3 amide bonds. The third-order valence-corrected chi connectivity index (χ3v) is 6.26. The highest BCUT2D eigenvalue weighted by molar-refractivity contribution is 6.26. The number of hydrogen-bond donors (Lipinski definition) is 5. The Morgan fingerprint density at radius 2 is 1.70 bits per heavy atom. The summed E-state index contributed by atoms with van der Waals surface area (Å²) in [6.45, 7) is 0.586. The molecular weight excluding hydrogens is 474 g/mol. The fraction of sp³-hybridized carbons (Fsp3) is 0.296. The first-order valence-electron chi connectivity index (χ1n) is 12.1. The lowest BCUT2D eigenvalue weighted by Gasteiger charge is -2.28. The summed E-state index contributed by atoms with van der Waals surface area (Å²) in [5, 5.41) is 16.3. The quantitative estimate of drug-likeness (QED) is 0.239. The van der Waals surface area contributed by atoms with Crippen LogP contribution < -0.4 is 16.0 Å². The number of hydrogen-bond acceptors (Lipinski definition) is 6. The topological polar surface area (TPSA) is 153 Å². The van der Waals surface area contributed by atoms with Crippen LogP contribution >= 0.6 is 0 Å². The minimum atomic E-state index is -1.05. The molecule has 1 fully saturated rings. The number of aromatic nitrogens is 1. The molecule has 5 N–H and O–H groups in total. The molecule has 1 aliphatic rings. The number of amides is 3. The van der Waals surface area contributed by atoms with Crippen LogP contribution in [0.3, 0.4) is 0 Å². The summed E-state index contributed by atoms with van der Waals surface area (Å²) in [6.07, 6.45) is 2.60. The molecule has 192 valence electrons. The maximum atomic E-state index is 13.5. The Balaban J connectivity index is 1.53. The largest absolute Gasteiger partial charge is 0.380 e. The number of ether oxygens (including phenoxy) is 1. The van der Waals surface area contributed by atoms with E-state index in [0.29, 0.717) is 25.1 Å². The van der Waals surface area contributed by atoms with Crippen molar-refractivity contribution in [1.29, 1.82) is 5.41 Å². The van der Waals surface area contributed by atoms with Crippen molar-refractivity contribution < 1.29 is 23.9 Å². The van der Waals surface area contributed by atoms with Crippen molar-refractivity contribution in [2.45, 2.75) is 31.3 Å². The lowest BCUT2D eigenvalue weighted by atomic mass is 10.0. The van der Waals surface area contributed by atoms with Gasteiger partial charge in [-0.3, -0.25) is 19.2 Å². The Morgan fingerprint density at radius 1 is 0.973 bits per heavy atom. The molecule has 0 saturated carbocycles. The van der Waals surface area contributed by atoms with E-state index in [1.807, 2.05) is 30.3 Å². The standard InChI is InChI=1S/C27H29N5O5/c28-13-20(33)10-11-23(26(35)30-19-6-2-1-3-7-19)31-27(36)24(32-25(34)18-15-37-16-18)12-17-14-29-22-9-5-4-8-21(17)22/h1-9,13-14,18,23-24,28-29H,10-12,15-16H2,(H,30,35)(H,31,36)(H,32,34)/t23-,24-/m0/s1. The van der Waals surface area contributed by atoms with E-state index >= 15 is 0 Å². The van der Waals surface area contributed by atoms with Gasteiger partial charge in [-0.2, -0.15) is 0 Å². The number of nitrogens with one attached hydrogen (secondary N) is 5. The second-order valence-corrected chi connectivity index (χ2v) is 8.92. The molecule has 0 radical (unpaired) electrons. The summed E-state index contributed by atoms with van der Waals surface area (Å²) in [7, 11) is 0. The van der Waals surface area contributed by atoms with Crippen molar-refractivity contribution >= 4 is 46.3 Å². The Morgan fingerprint density at radius 3 is 2.41 bits per heavy atom. The summed E-state index contributed by atoms with van der Waals surface area (Å²) < 4.78 is 5.11. The molecule has 10 heteroatoms. The summed E-state index contributed by atoms with van der Waals surface area (Å²) in [6, 6.07) is 14.4. The van der Waals surface area contributed by atoms with Crippen LogP contribution in [0.4, 0.5) is 5.69 Å². The number of ketones is 1. The number of aromatic amines is 1. The number of carbonyl (C=O) groups is 4. The van der Waals surface area contributed by atoms with Crippen LogP contribution in [-0.4, -0.2) is 60.0 Å². The average Bonchev–Trinajstić information content (AvgIpc) is 3.28. The number of benzene rings is 2. The minimum Gasteiger partial charge on any atom is -0.380 e. The predicted molar refractivity (Wildman–Crippen MR) is 138 cm³/mol. The van der Waals surface area contributed by atoms with Crippen LogP contribution in [0.25, 0.3) is 10.9 Å². The summed E-state index contributed by atoms with van der Waals surface area (Å²) in [5.74, 6) is -2.13. The number of carbonyl (C=O) groups excluding carboxylic acids is 4. The first kappa shape index (κ1) is 25.8. The van der Waals surface area contributed by atoms with E-state index in [1.54, 1.807) is 30.5 Å². The normalized spacial score (nSPS) is 14.7. The van der Waals surface area contributed by atoms with Crippen molar-refractivity contribution in [2.75, 3.05) is 18.5 Å². The van der Waals surface area contributed by atoms with Gasteiger partial charge in [0.05, 0.1) is 25.3 Å². The predicted octanol–water partition coefficient (Wildman–Crippen LogP) is 1.96. The summed E-state index contributed by atoms with van der Waals surface area (Å²) >= 11 is 0. The van der Waals surface area contributed by atoms with Gasteiger partial charge in [-0.05, 0) is 30.2 Å². The highest BCUT2D eigenvalue weighted by Crippen LogP contribution is 2.20. The van der Waals surface area contributed by atoms with Gasteiger partial charge < -0.3 is 31.1 Å². The summed E-state index contributed by atoms with van der Waals surface area (Å²) in [5.41, 5.74) is 2.28. The number of Topliss-reactive ketones (excluding diaryl/α,β-unsaturated/α-hetero) is 1. The van der Waals surface area contributed by atoms with Crippen molar-refractivity contribution in [2.24, 2.45) is 5.92 Å². The van der Waals surface area contributed by atoms with Crippen molar-refractivity contribution in [3.63, 3.8) is 0 Å². The molecule has 2 aromatic carbocycles. The lowest BCUT2D eigenvalue weighted by Crippen LogP contribution is -2.55. The number of rotatable bonds is 12. The van der Waals surface area contributed by atoms with Crippen LogP contribution in [-0.2, 0) is 30.3 Å². The average molecular weight is 504 g/mol. The monoisotopic (exact) mass is 503 g/mol. The van der Waals surface area contributed by atoms with Gasteiger partial charge in [0.1, 0.15) is 12.1 Å². The smallest absolute Gasteiger partial charge is 0.246 e. The van der Waals surface area contributed by atoms with Gasteiger partial charge in [0, 0.05) is 35.6 Å². The maximum absolute atomic E-state index is 13.5. The molecule has 1 saturated heterocycles. The van der Waals surface area contributed by atoms with E-state index in [9.17, 15) is 19.2 Å². The van der Waals surface area contributed by atoms with Gasteiger partial charge in [0.2, 0.25) is 17.7 Å². The maximum Gasteiger partial charge on any atom is 0.246 e. The van der Waals surface area contributed by atoms with E-state index in [-0.39, 0.29) is 31.1 Å². The van der Waals surface area contributed by atoms with Gasteiger partial charge >= 0.3 is 0 Å². The molecule has 0 unspecified atom stereocenters. The fourth-order valence-electron chi connectivity index (χ4n) is 4.06. The zero-order chi connectivity index (χ0) is 26.2. The second-order valence-electron chi connectivity index (χ2n) is 8.92. The van der Waals surface area contributed by atoms with Gasteiger partial charge in [-0.15, -0.1) is 0 Å². The molecule has 0 aliphatic carbocycles. The first-order valence-corrected chi connectivity index (χ1v) is 12.1. The van der Waals surface area contributed by atoms with Crippen molar-refractivity contribution in [3.8, 4) is 0 Å². The molecule has 3 aromatic rings. The molecule has 10 nitrogen and oxygen atoms in total. The molecule has 4 rings (SSSR count). The first-order chi connectivity index (χ1) is 17.9. The van der Waals surface area contributed by atoms with Gasteiger partial charge in [0.25, 0.3) is 0 Å². The van der Waals surface area contributed by atoms with Gasteiger partial charge in [0.15, 0.2) is 5.78 Å². The lowest BCUT2D eigenvalue weighted by molar-refractivity contribution is -0.142. The Labute approximate surface area is 213 Å². The fourth-order valence-corrected chi connectivity index (χ4v) is 4.06. The number of anilines is 1. The molecule has 0 bridgehead atoms. The van der Waals surface area contributed by atoms with Gasteiger partial charge in [-0.25, -0.2) is 0 Å². The molecule has 1 aliphatic heterocycles. The molecular formula is C27H29N5O5. The van der Waals surface area contributed by atoms with E-state index in [4.69, 9.17) is 10.1 Å². The number of para-hydroxylation sites is 2. The van der Waals surface area contributed by atoms with Crippen molar-refractivity contribution in [3.05, 3.63) is 66.4 Å². The van der Waals surface area contributed by atoms with Crippen LogP contribution in [0.15, 0.2) is 60.8 Å². The second kappa shape index (κ2) is 12.1. The van der Waals surface area contributed by atoms with Gasteiger partial charge in [-0.1, -0.05) is 36.4 Å². The zero-order valence-corrected chi connectivity index (χ0v) is 20.2. The number of fused-ring (bicyclic) bond motifs is 1. The molecule has 0 spiro atoms. The third kappa shape index (κ3) is 6.68. The van der Waals surface area contributed by atoms with E-state index in [1.165, 1.54) is 0 Å². The van der Waals surface area contributed by atoms with E-state index < -0.39 is 29.7 Å². The van der Waals surface area contributed by atoms with Crippen LogP contribution in [0, 0.1) is 11.3 Å². The third-order valence-electron chi connectivity index (χ3n) is 6.26. The van der Waals surface area contributed by atoms with Crippen molar-refractivity contribution in [1.82, 2.24) is 15.6 Å². The van der Waals surface area contributed by atoms with E-state index in [0.717, 1.165) is 16.5 Å². The summed E-state index contributed by atoms with van der Waals surface area (Å²) in [4.78, 5) is 54.2. The highest BCUT2D eigenvalue weighted by Gasteiger charge is 2.32. The molecule has 37 heavy (non-hydrogen) atoms. The molecule has 2 heterocycles. The van der Waals surface area contributed by atoms with E-state index in [2.05, 4.69) is 20.9 Å². The Bertz CT molecular complexity index is 1280. The minimum absolute atomic E-state index is 0.00281. The highest BCUT2D eigenvalue weighted by atomic mass is 16.5. The SMILES string of the molecule is N=CC(=O)CC[C@H](NC(=O)[C@H](Cc1c[nH]c2ccccc12)NC(=O)C1COC1)C(=O)Nc1ccccc1. The zero-order valence-electron chi connectivity index (χ0n) is 20.2. The van der Waals surface area contributed by atoms with Crippen LogP contribution in [0.2, 0.25) is 0 Å². The molecule has 2 atom stereocenters. The van der Waals surface area contributed by atoms with Crippen LogP contribution in [0.5, 0.6) is 0 Å². The molecule has 1 aromatic heterocycles. The Kier molecular flexibility index (Phi) is 8.42. The number of H-pyrrole nitrogens is 1.